The normalized spacial score (nSPS) is 14.1. The van der Waals surface area contributed by atoms with Crippen LogP contribution in [0.5, 0.6) is 0 Å². The zero-order chi connectivity index (χ0) is 10.5. The molecule has 0 aromatic carbocycles. The van der Waals surface area contributed by atoms with Gasteiger partial charge in [0.25, 0.3) is 0 Å². The first-order chi connectivity index (χ1) is 5.98. The van der Waals surface area contributed by atoms with Crippen molar-refractivity contribution in [3.63, 3.8) is 0 Å². The summed E-state index contributed by atoms with van der Waals surface area (Å²) in [4.78, 5) is -0.509. The lowest BCUT2D eigenvalue weighted by Crippen LogP contribution is -2.24. The van der Waals surface area contributed by atoms with E-state index in [9.17, 15) is 8.96 Å². The first kappa shape index (κ1) is 13.0. The maximum absolute atomic E-state index is 13.2. The van der Waals surface area contributed by atoms with Crippen LogP contribution >= 0.6 is 19.8 Å². The number of alkyl halides is 1. The highest BCUT2D eigenvalue weighted by molar-refractivity contribution is 7.81. The van der Waals surface area contributed by atoms with Crippen LogP contribution < -0.4 is 5.73 Å². The van der Waals surface area contributed by atoms with Gasteiger partial charge in [-0.15, -0.1) is 0 Å². The second-order valence-corrected chi connectivity index (χ2v) is 4.63. The molecule has 0 aliphatic rings. The molecule has 0 heterocycles. The Labute approximate surface area is 82.1 Å². The summed E-state index contributed by atoms with van der Waals surface area (Å²) in [7, 11) is -3.80. The van der Waals surface area contributed by atoms with E-state index in [0.717, 1.165) is 0 Å². The molecule has 0 saturated carbocycles. The molecule has 4 nitrogen and oxygen atoms in total. The van der Waals surface area contributed by atoms with Gasteiger partial charge in [-0.3, -0.25) is 4.57 Å². The quantitative estimate of drug-likeness (QED) is 0.556. The lowest BCUT2D eigenvalue weighted by Gasteiger charge is -2.19. The molecule has 0 aromatic heterocycles. The minimum absolute atomic E-state index is 0.0836. The van der Waals surface area contributed by atoms with Crippen LogP contribution in [-0.4, -0.2) is 24.1 Å². The molecule has 0 aliphatic carbocycles. The Morgan fingerprint density at radius 3 is 2.15 bits per heavy atom. The monoisotopic (exact) mass is 229 g/mol. The largest absolute Gasteiger partial charge is 0.390 e. The van der Waals surface area contributed by atoms with Gasteiger partial charge in [0, 0.05) is 0 Å². The van der Waals surface area contributed by atoms with Crippen molar-refractivity contribution >= 4 is 24.8 Å². The zero-order valence-electron chi connectivity index (χ0n) is 7.53. The van der Waals surface area contributed by atoms with Gasteiger partial charge in [-0.2, -0.15) is 0 Å². The Hall–Kier alpha value is -0.0300. The summed E-state index contributed by atoms with van der Waals surface area (Å²) >= 11 is 4.37. The number of thiocarbonyl (C=S) groups is 1. The molecular formula is C6H13FNO3PS. The fourth-order valence-electron chi connectivity index (χ4n) is 0.684. The standard InChI is InChI=1S/C6H13FNO3PS/c1-3-10-12(9,11-4-2)5(7)6(8)13/h5H,3-4H2,1-2H3,(H2,8,13). The third-order valence-electron chi connectivity index (χ3n) is 1.13. The summed E-state index contributed by atoms with van der Waals surface area (Å²) < 4.78 is 34.1. The van der Waals surface area contributed by atoms with E-state index in [1.807, 2.05) is 0 Å². The van der Waals surface area contributed by atoms with Gasteiger partial charge in [0.05, 0.1) is 13.2 Å². The van der Waals surface area contributed by atoms with Crippen LogP contribution in [-0.2, 0) is 13.6 Å². The molecule has 0 saturated heterocycles. The average Bonchev–Trinajstić information content (AvgIpc) is 2.03. The lowest BCUT2D eigenvalue weighted by atomic mass is 10.8. The molecule has 1 unspecified atom stereocenters. The Morgan fingerprint density at radius 2 is 1.92 bits per heavy atom. The Kier molecular flexibility index (Phi) is 5.64. The summed E-state index contributed by atoms with van der Waals surface area (Å²) in [5.41, 5.74) is 5.01. The summed E-state index contributed by atoms with van der Waals surface area (Å²) in [6, 6.07) is 0. The van der Waals surface area contributed by atoms with Crippen LogP contribution in [0.4, 0.5) is 4.39 Å². The summed E-state index contributed by atoms with van der Waals surface area (Å²) in [6.45, 7) is 3.33. The van der Waals surface area contributed by atoms with Gasteiger partial charge < -0.3 is 14.8 Å². The summed E-state index contributed by atoms with van der Waals surface area (Å²) in [5, 5.41) is 0. The number of rotatable bonds is 6. The molecule has 0 spiro atoms. The van der Waals surface area contributed by atoms with Gasteiger partial charge in [0.15, 0.2) is 0 Å². The van der Waals surface area contributed by atoms with Crippen molar-refractivity contribution in [2.45, 2.75) is 19.8 Å². The van der Waals surface area contributed by atoms with E-state index in [2.05, 4.69) is 21.3 Å². The molecule has 0 rings (SSSR count). The van der Waals surface area contributed by atoms with Crippen molar-refractivity contribution < 1.29 is 18.0 Å². The van der Waals surface area contributed by atoms with Crippen LogP contribution in [0.3, 0.4) is 0 Å². The van der Waals surface area contributed by atoms with Crippen molar-refractivity contribution in [3.8, 4) is 0 Å². The molecular weight excluding hydrogens is 216 g/mol. The van der Waals surface area contributed by atoms with Crippen molar-refractivity contribution in [2.75, 3.05) is 13.2 Å². The Bertz CT molecular complexity index is 216. The van der Waals surface area contributed by atoms with Crippen molar-refractivity contribution in [3.05, 3.63) is 0 Å². The third-order valence-corrected chi connectivity index (χ3v) is 3.58. The van der Waals surface area contributed by atoms with Gasteiger partial charge in [0.1, 0.15) is 4.99 Å². The molecule has 78 valence electrons. The highest BCUT2D eigenvalue weighted by Crippen LogP contribution is 2.53. The molecule has 0 aromatic rings. The van der Waals surface area contributed by atoms with E-state index in [1.165, 1.54) is 0 Å². The SMILES string of the molecule is CCOP(=O)(OCC)C(F)C(N)=S. The smallest absolute Gasteiger partial charge is 0.371 e. The second kappa shape index (κ2) is 5.65. The fraction of sp³-hybridized carbons (Fsp3) is 0.833. The number of halogens is 1. The van der Waals surface area contributed by atoms with Gasteiger partial charge in [-0.05, 0) is 13.8 Å². The van der Waals surface area contributed by atoms with E-state index in [-0.39, 0.29) is 13.2 Å². The summed E-state index contributed by atoms with van der Waals surface area (Å²) in [5.74, 6) is -2.03. The van der Waals surface area contributed by atoms with E-state index in [4.69, 9.17) is 5.73 Å². The van der Waals surface area contributed by atoms with E-state index in [1.54, 1.807) is 13.8 Å². The van der Waals surface area contributed by atoms with Crippen LogP contribution in [0.2, 0.25) is 0 Å². The molecule has 0 bridgehead atoms. The van der Waals surface area contributed by atoms with Crippen molar-refractivity contribution in [1.82, 2.24) is 0 Å². The third kappa shape index (κ3) is 3.68. The highest BCUT2D eigenvalue weighted by atomic mass is 32.1. The van der Waals surface area contributed by atoms with E-state index in [0.29, 0.717) is 0 Å². The van der Waals surface area contributed by atoms with Crippen molar-refractivity contribution in [1.29, 1.82) is 0 Å². The minimum Gasteiger partial charge on any atom is -0.390 e. The maximum atomic E-state index is 13.2. The van der Waals surface area contributed by atoms with Gasteiger partial charge in [0.2, 0.25) is 5.91 Å². The van der Waals surface area contributed by atoms with Gasteiger partial charge >= 0.3 is 7.60 Å². The van der Waals surface area contributed by atoms with Gasteiger partial charge in [-0.1, -0.05) is 12.2 Å². The first-order valence-electron chi connectivity index (χ1n) is 3.80. The van der Waals surface area contributed by atoms with Crippen LogP contribution in [0.25, 0.3) is 0 Å². The molecule has 1 atom stereocenters. The van der Waals surface area contributed by atoms with Gasteiger partial charge in [-0.25, -0.2) is 4.39 Å². The first-order valence-corrected chi connectivity index (χ1v) is 5.82. The average molecular weight is 229 g/mol. The molecule has 0 radical (unpaired) electrons. The predicted octanol–water partition coefficient (Wildman–Crippen LogP) is 1.83. The van der Waals surface area contributed by atoms with Crippen LogP contribution in [0.15, 0.2) is 0 Å². The summed E-state index contributed by atoms with van der Waals surface area (Å²) in [6.07, 6.45) is 0. The Morgan fingerprint density at radius 1 is 1.54 bits per heavy atom. The minimum atomic E-state index is -3.80. The second-order valence-electron chi connectivity index (χ2n) is 2.11. The highest BCUT2D eigenvalue weighted by Gasteiger charge is 2.37. The molecule has 13 heavy (non-hydrogen) atoms. The Balaban J connectivity index is 4.57. The van der Waals surface area contributed by atoms with E-state index < -0.39 is 18.5 Å². The zero-order valence-corrected chi connectivity index (χ0v) is 9.24. The number of hydrogen-bond acceptors (Lipinski definition) is 4. The predicted molar refractivity (Wildman–Crippen MR) is 52.5 cm³/mol. The van der Waals surface area contributed by atoms with E-state index >= 15 is 0 Å². The fourth-order valence-corrected chi connectivity index (χ4v) is 2.44. The molecule has 7 heteroatoms. The lowest BCUT2D eigenvalue weighted by molar-refractivity contribution is 0.202. The number of nitrogens with two attached hydrogens (primary N) is 1. The maximum Gasteiger partial charge on any atom is 0.371 e. The topological polar surface area (TPSA) is 61.5 Å². The molecule has 0 fully saturated rings. The molecule has 0 amide bonds. The molecule has 0 aliphatic heterocycles. The molecule has 2 N–H and O–H groups in total. The van der Waals surface area contributed by atoms with Crippen molar-refractivity contribution in [2.24, 2.45) is 5.73 Å². The van der Waals surface area contributed by atoms with Crippen LogP contribution in [0.1, 0.15) is 13.8 Å². The van der Waals surface area contributed by atoms with Crippen LogP contribution in [0, 0.1) is 0 Å². The number of hydrogen-bond donors (Lipinski definition) is 1.